The molecule has 2 aromatic rings. The summed E-state index contributed by atoms with van der Waals surface area (Å²) in [6, 6.07) is 20.8. The second-order valence-corrected chi connectivity index (χ2v) is 4.59. The van der Waals surface area contributed by atoms with Gasteiger partial charge in [-0.1, -0.05) is 42.5 Å². The Hall–Kier alpha value is -2.07. The first kappa shape index (κ1) is 10.1. The van der Waals surface area contributed by atoms with E-state index in [9.17, 15) is 0 Å². The topological polar surface area (TPSA) is 23.8 Å². The van der Waals surface area contributed by atoms with Crippen molar-refractivity contribution in [2.24, 2.45) is 0 Å². The fourth-order valence-corrected chi connectivity index (χ4v) is 2.44. The molecule has 3 rings (SSSR count). The molecule has 0 aliphatic heterocycles. The summed E-state index contributed by atoms with van der Waals surface area (Å²) in [5, 5.41) is 8.76. The molecule has 0 heterocycles. The van der Waals surface area contributed by atoms with E-state index in [2.05, 4.69) is 48.5 Å². The Kier molecular flexibility index (Phi) is 2.42. The lowest BCUT2D eigenvalue weighted by molar-refractivity contribution is 1.03. The summed E-state index contributed by atoms with van der Waals surface area (Å²) in [5.74, 6) is 1.31. The largest absolute Gasteiger partial charge is 0.192 e. The fourth-order valence-electron chi connectivity index (χ4n) is 2.44. The minimum Gasteiger partial charge on any atom is -0.192 e. The van der Waals surface area contributed by atoms with Crippen LogP contribution < -0.4 is 0 Å². The summed E-state index contributed by atoms with van der Waals surface area (Å²) in [6.45, 7) is 0. The van der Waals surface area contributed by atoms with Crippen molar-refractivity contribution in [3.05, 3.63) is 71.3 Å². The summed E-state index contributed by atoms with van der Waals surface area (Å²) in [4.78, 5) is 0. The van der Waals surface area contributed by atoms with E-state index in [4.69, 9.17) is 5.26 Å². The van der Waals surface area contributed by atoms with Crippen LogP contribution in [0.3, 0.4) is 0 Å². The third-order valence-electron chi connectivity index (χ3n) is 3.49. The highest BCUT2D eigenvalue weighted by molar-refractivity contribution is 5.39. The molecule has 0 saturated heterocycles. The maximum absolute atomic E-state index is 8.76. The van der Waals surface area contributed by atoms with Crippen molar-refractivity contribution in [2.75, 3.05) is 0 Å². The highest BCUT2D eigenvalue weighted by Gasteiger charge is 2.39. The maximum Gasteiger partial charge on any atom is 0.0991 e. The van der Waals surface area contributed by atoms with Gasteiger partial charge in [-0.25, -0.2) is 0 Å². The third-order valence-corrected chi connectivity index (χ3v) is 3.49. The summed E-state index contributed by atoms with van der Waals surface area (Å²) >= 11 is 0. The number of hydrogen-bond donors (Lipinski definition) is 0. The molecule has 0 amide bonds. The minimum atomic E-state index is 0.644. The van der Waals surface area contributed by atoms with Crippen LogP contribution in [0.15, 0.2) is 54.6 Å². The van der Waals surface area contributed by atoms with E-state index in [1.54, 1.807) is 0 Å². The van der Waals surface area contributed by atoms with Gasteiger partial charge < -0.3 is 0 Å². The fraction of sp³-hybridized carbons (Fsp3) is 0.188. The monoisotopic (exact) mass is 219 g/mol. The van der Waals surface area contributed by atoms with E-state index >= 15 is 0 Å². The first-order chi connectivity index (χ1) is 8.38. The molecule has 1 heteroatoms. The molecule has 2 aromatic carbocycles. The van der Waals surface area contributed by atoms with Crippen molar-refractivity contribution in [1.82, 2.24) is 0 Å². The highest BCUT2D eigenvalue weighted by Crippen LogP contribution is 2.54. The quantitative estimate of drug-likeness (QED) is 0.753. The second-order valence-electron chi connectivity index (χ2n) is 4.59. The van der Waals surface area contributed by atoms with Crippen molar-refractivity contribution in [1.29, 1.82) is 5.26 Å². The summed E-state index contributed by atoms with van der Waals surface area (Å²) in [7, 11) is 0. The zero-order valence-corrected chi connectivity index (χ0v) is 9.51. The van der Waals surface area contributed by atoms with Crippen LogP contribution in [0, 0.1) is 11.3 Å². The van der Waals surface area contributed by atoms with Crippen LogP contribution in [-0.2, 0) is 0 Å². The van der Waals surface area contributed by atoms with Gasteiger partial charge in [0.2, 0.25) is 0 Å². The number of rotatable bonds is 2. The van der Waals surface area contributed by atoms with Crippen LogP contribution >= 0.6 is 0 Å². The highest BCUT2D eigenvalue weighted by atomic mass is 14.4. The first-order valence-electron chi connectivity index (χ1n) is 5.93. The molecular formula is C16H13N. The Bertz CT molecular complexity index is 548. The van der Waals surface area contributed by atoms with Gasteiger partial charge in [0.25, 0.3) is 0 Å². The first-order valence-corrected chi connectivity index (χ1v) is 5.93. The van der Waals surface area contributed by atoms with Crippen LogP contribution in [0.4, 0.5) is 0 Å². The molecule has 1 fully saturated rings. The summed E-state index contributed by atoms with van der Waals surface area (Å²) in [6.07, 6.45) is 1.23. The van der Waals surface area contributed by atoms with Gasteiger partial charge in [-0.05, 0) is 41.5 Å². The van der Waals surface area contributed by atoms with E-state index in [0.717, 1.165) is 5.56 Å². The predicted molar refractivity (Wildman–Crippen MR) is 67.7 cm³/mol. The van der Waals surface area contributed by atoms with Gasteiger partial charge in [-0.3, -0.25) is 0 Å². The molecule has 2 atom stereocenters. The van der Waals surface area contributed by atoms with Gasteiger partial charge in [-0.2, -0.15) is 5.26 Å². The Morgan fingerprint density at radius 1 is 0.824 bits per heavy atom. The van der Waals surface area contributed by atoms with Gasteiger partial charge >= 0.3 is 0 Å². The minimum absolute atomic E-state index is 0.644. The lowest BCUT2D eigenvalue weighted by atomic mass is 10.0. The normalized spacial score (nSPS) is 21.8. The number of hydrogen-bond acceptors (Lipinski definition) is 1. The molecule has 0 aromatic heterocycles. The molecule has 1 saturated carbocycles. The van der Waals surface area contributed by atoms with Crippen LogP contribution in [0.2, 0.25) is 0 Å². The average Bonchev–Trinajstić information content (AvgIpc) is 3.20. The molecule has 0 unspecified atom stereocenters. The molecule has 1 aliphatic carbocycles. The zero-order chi connectivity index (χ0) is 11.7. The Labute approximate surface area is 101 Å². The van der Waals surface area contributed by atoms with Crippen LogP contribution in [-0.4, -0.2) is 0 Å². The maximum atomic E-state index is 8.76. The summed E-state index contributed by atoms with van der Waals surface area (Å²) < 4.78 is 0. The average molecular weight is 219 g/mol. The Morgan fingerprint density at radius 2 is 1.41 bits per heavy atom. The van der Waals surface area contributed by atoms with Crippen LogP contribution in [0.1, 0.15) is 34.9 Å². The molecule has 1 nitrogen and oxygen atoms in total. The van der Waals surface area contributed by atoms with Gasteiger partial charge in [0, 0.05) is 0 Å². The van der Waals surface area contributed by atoms with Crippen molar-refractivity contribution in [3.8, 4) is 6.07 Å². The van der Waals surface area contributed by atoms with Crippen LogP contribution in [0.25, 0.3) is 0 Å². The lowest BCUT2D eigenvalue weighted by Crippen LogP contribution is -1.84. The van der Waals surface area contributed by atoms with Gasteiger partial charge in [0.1, 0.15) is 0 Å². The van der Waals surface area contributed by atoms with E-state index in [-0.39, 0.29) is 0 Å². The molecule has 0 radical (unpaired) electrons. The standard InChI is InChI=1S/C16H13N/c17-11-12-6-8-14(9-7-12)16-10-15(16)13-4-2-1-3-5-13/h1-9,15-16H,10H2/t15-,16+/m1/s1. The van der Waals surface area contributed by atoms with Crippen LogP contribution in [0.5, 0.6) is 0 Å². The number of nitrogens with zero attached hydrogens (tertiary/aromatic N) is 1. The third kappa shape index (κ3) is 1.94. The van der Waals surface area contributed by atoms with Crippen molar-refractivity contribution >= 4 is 0 Å². The smallest absolute Gasteiger partial charge is 0.0991 e. The lowest BCUT2D eigenvalue weighted by Gasteiger charge is -2.01. The molecule has 0 bridgehead atoms. The Balaban J connectivity index is 1.78. The molecule has 17 heavy (non-hydrogen) atoms. The van der Waals surface area contributed by atoms with E-state index < -0.39 is 0 Å². The van der Waals surface area contributed by atoms with Crippen molar-refractivity contribution < 1.29 is 0 Å². The van der Waals surface area contributed by atoms with Gasteiger partial charge in [0.05, 0.1) is 11.6 Å². The number of nitriles is 1. The van der Waals surface area contributed by atoms with Gasteiger partial charge in [-0.15, -0.1) is 0 Å². The Morgan fingerprint density at radius 3 is 2.00 bits per heavy atom. The molecule has 0 N–H and O–H groups in total. The molecule has 82 valence electrons. The van der Waals surface area contributed by atoms with E-state index in [0.29, 0.717) is 11.8 Å². The van der Waals surface area contributed by atoms with E-state index in [1.807, 2.05) is 12.1 Å². The van der Waals surface area contributed by atoms with E-state index in [1.165, 1.54) is 17.5 Å². The van der Waals surface area contributed by atoms with Crippen molar-refractivity contribution in [3.63, 3.8) is 0 Å². The predicted octanol–water partition coefficient (Wildman–Crippen LogP) is 3.83. The molecule has 1 aliphatic rings. The van der Waals surface area contributed by atoms with Crippen molar-refractivity contribution in [2.45, 2.75) is 18.3 Å². The SMILES string of the molecule is N#Cc1ccc([C@@H]2C[C@@H]2c2ccccc2)cc1. The molecule has 0 spiro atoms. The second kappa shape index (κ2) is 4.07. The zero-order valence-electron chi connectivity index (χ0n) is 9.51. The van der Waals surface area contributed by atoms with Gasteiger partial charge in [0.15, 0.2) is 0 Å². The molecular weight excluding hydrogens is 206 g/mol. The summed E-state index contributed by atoms with van der Waals surface area (Å²) in [5.41, 5.74) is 3.53. The number of benzene rings is 2.